The second-order valence-corrected chi connectivity index (χ2v) is 8.55. The second kappa shape index (κ2) is 10.1. The molecule has 0 saturated heterocycles. The number of methoxy groups -OCH3 is 2. The van der Waals surface area contributed by atoms with Crippen LogP contribution in [0.15, 0.2) is 66.7 Å². The van der Waals surface area contributed by atoms with Gasteiger partial charge in [0.2, 0.25) is 0 Å². The number of benzene rings is 3. The van der Waals surface area contributed by atoms with Crippen LogP contribution in [0.1, 0.15) is 21.5 Å². The van der Waals surface area contributed by atoms with Crippen LogP contribution in [0.5, 0.6) is 11.5 Å². The summed E-state index contributed by atoms with van der Waals surface area (Å²) in [6.07, 6.45) is 0.578. The number of aromatic nitrogens is 3. The SMILES string of the molecule is COc1ccc(CCNC(=O)c2c(N)n(Cc3ccc(F)cc3)c3nc4ccccc4nc23)cc1OC. The molecule has 0 aliphatic carbocycles. The molecule has 0 radical (unpaired) electrons. The molecule has 9 heteroatoms. The van der Waals surface area contributed by atoms with Crippen molar-refractivity contribution < 1.29 is 18.7 Å². The van der Waals surface area contributed by atoms with Crippen LogP contribution in [-0.2, 0) is 13.0 Å². The fourth-order valence-electron chi connectivity index (χ4n) is 4.32. The van der Waals surface area contributed by atoms with E-state index < -0.39 is 0 Å². The monoisotopic (exact) mass is 499 g/mol. The lowest BCUT2D eigenvalue weighted by Crippen LogP contribution is -2.26. The number of halogens is 1. The Hall–Kier alpha value is -4.66. The molecule has 0 atom stereocenters. The first-order chi connectivity index (χ1) is 18.0. The third-order valence-electron chi connectivity index (χ3n) is 6.22. The van der Waals surface area contributed by atoms with E-state index in [1.165, 1.54) is 12.1 Å². The molecule has 0 saturated carbocycles. The van der Waals surface area contributed by atoms with Crippen LogP contribution in [-0.4, -0.2) is 41.2 Å². The van der Waals surface area contributed by atoms with E-state index in [0.717, 1.165) is 11.1 Å². The Morgan fingerprint density at radius 2 is 1.62 bits per heavy atom. The molecule has 2 heterocycles. The zero-order chi connectivity index (χ0) is 25.9. The summed E-state index contributed by atoms with van der Waals surface area (Å²) in [6, 6.07) is 19.2. The van der Waals surface area contributed by atoms with Gasteiger partial charge in [0.05, 0.1) is 31.8 Å². The summed E-state index contributed by atoms with van der Waals surface area (Å²) >= 11 is 0. The number of nitrogens with two attached hydrogens (primary N) is 1. The number of nitrogens with zero attached hydrogens (tertiary/aromatic N) is 3. The fourth-order valence-corrected chi connectivity index (χ4v) is 4.32. The van der Waals surface area contributed by atoms with Crippen LogP contribution in [0.2, 0.25) is 0 Å². The zero-order valence-electron chi connectivity index (χ0n) is 20.5. The summed E-state index contributed by atoms with van der Waals surface area (Å²) in [7, 11) is 3.17. The highest BCUT2D eigenvalue weighted by Crippen LogP contribution is 2.29. The lowest BCUT2D eigenvalue weighted by molar-refractivity contribution is 0.0956. The average molecular weight is 500 g/mol. The van der Waals surface area contributed by atoms with E-state index in [0.29, 0.717) is 53.2 Å². The molecule has 8 nitrogen and oxygen atoms in total. The number of fused-ring (bicyclic) bond motifs is 2. The van der Waals surface area contributed by atoms with Crippen molar-refractivity contribution in [1.29, 1.82) is 0 Å². The molecule has 3 aromatic carbocycles. The number of anilines is 1. The first-order valence-corrected chi connectivity index (χ1v) is 11.8. The number of para-hydroxylation sites is 2. The standard InChI is InChI=1S/C28H26FN5O3/c1-36-22-12-9-17(15-23(22)37-2)13-14-31-28(35)24-25-27(33-21-6-4-3-5-20(21)32-25)34(26(24)30)16-18-7-10-19(29)11-8-18/h3-12,15H,13-14,16,30H2,1-2H3,(H,31,35). The van der Waals surface area contributed by atoms with Crippen molar-refractivity contribution in [2.75, 3.05) is 26.5 Å². The molecule has 37 heavy (non-hydrogen) atoms. The number of hydrogen-bond acceptors (Lipinski definition) is 6. The van der Waals surface area contributed by atoms with Gasteiger partial charge in [-0.3, -0.25) is 4.79 Å². The maximum absolute atomic E-state index is 13.4. The molecule has 0 unspecified atom stereocenters. The number of carbonyl (C=O) groups excluding carboxylic acids is 1. The molecular formula is C28H26FN5O3. The van der Waals surface area contributed by atoms with Crippen molar-refractivity contribution in [3.63, 3.8) is 0 Å². The van der Waals surface area contributed by atoms with Gasteiger partial charge in [0.1, 0.15) is 22.7 Å². The maximum Gasteiger partial charge on any atom is 0.257 e. The number of amides is 1. The molecule has 1 amide bonds. The molecule has 0 aliphatic rings. The van der Waals surface area contributed by atoms with Crippen LogP contribution in [0.4, 0.5) is 10.2 Å². The first-order valence-electron chi connectivity index (χ1n) is 11.8. The highest BCUT2D eigenvalue weighted by Gasteiger charge is 2.24. The summed E-state index contributed by atoms with van der Waals surface area (Å²) in [5, 5.41) is 2.96. The Labute approximate surface area is 212 Å². The molecule has 0 fully saturated rings. The summed E-state index contributed by atoms with van der Waals surface area (Å²) in [5.41, 5.74) is 10.9. The lowest BCUT2D eigenvalue weighted by atomic mass is 10.1. The van der Waals surface area contributed by atoms with E-state index in [-0.39, 0.29) is 23.1 Å². The topological polar surface area (TPSA) is 104 Å². The molecule has 0 aliphatic heterocycles. The third kappa shape index (κ3) is 4.75. The summed E-state index contributed by atoms with van der Waals surface area (Å²) in [6.45, 7) is 0.688. The van der Waals surface area contributed by atoms with Crippen molar-refractivity contribution in [3.05, 3.63) is 89.2 Å². The van der Waals surface area contributed by atoms with Crippen molar-refractivity contribution in [2.45, 2.75) is 13.0 Å². The quantitative estimate of drug-likeness (QED) is 0.329. The smallest absolute Gasteiger partial charge is 0.257 e. The number of carbonyl (C=O) groups is 1. The van der Waals surface area contributed by atoms with Crippen LogP contribution < -0.4 is 20.5 Å². The normalized spacial score (nSPS) is 11.1. The first kappa shape index (κ1) is 24.1. The third-order valence-corrected chi connectivity index (χ3v) is 6.22. The summed E-state index contributed by atoms with van der Waals surface area (Å²) in [4.78, 5) is 22.9. The van der Waals surface area contributed by atoms with E-state index in [9.17, 15) is 9.18 Å². The van der Waals surface area contributed by atoms with Crippen molar-refractivity contribution in [3.8, 4) is 11.5 Å². The number of rotatable bonds is 8. The Kier molecular flexibility index (Phi) is 6.59. The minimum absolute atomic E-state index is 0.248. The van der Waals surface area contributed by atoms with E-state index in [1.54, 1.807) is 30.9 Å². The molecule has 3 N–H and O–H groups in total. The predicted octanol–water partition coefficient (Wildman–Crippen LogP) is 4.34. The number of nitrogen functional groups attached to an aromatic ring is 1. The van der Waals surface area contributed by atoms with E-state index in [2.05, 4.69) is 5.32 Å². The van der Waals surface area contributed by atoms with Gasteiger partial charge in [-0.2, -0.15) is 0 Å². The van der Waals surface area contributed by atoms with Crippen molar-refractivity contribution >= 4 is 33.9 Å². The van der Waals surface area contributed by atoms with Gasteiger partial charge < -0.3 is 25.1 Å². The van der Waals surface area contributed by atoms with E-state index in [1.807, 2.05) is 42.5 Å². The summed E-state index contributed by atoms with van der Waals surface area (Å²) in [5.74, 6) is 0.850. The molecule has 0 bridgehead atoms. The van der Waals surface area contributed by atoms with Gasteiger partial charge in [-0.25, -0.2) is 14.4 Å². The minimum atomic E-state index is -0.342. The maximum atomic E-state index is 13.4. The van der Waals surface area contributed by atoms with Gasteiger partial charge >= 0.3 is 0 Å². The van der Waals surface area contributed by atoms with Gasteiger partial charge in [0, 0.05) is 6.54 Å². The van der Waals surface area contributed by atoms with Gasteiger partial charge in [0.25, 0.3) is 5.91 Å². The molecule has 5 aromatic rings. The lowest BCUT2D eigenvalue weighted by Gasteiger charge is -2.10. The number of hydrogen-bond donors (Lipinski definition) is 2. The van der Waals surface area contributed by atoms with Crippen LogP contribution >= 0.6 is 0 Å². The Balaban J connectivity index is 1.46. The van der Waals surface area contributed by atoms with E-state index in [4.69, 9.17) is 25.2 Å². The number of ether oxygens (including phenoxy) is 2. The van der Waals surface area contributed by atoms with Crippen molar-refractivity contribution in [1.82, 2.24) is 19.9 Å². The minimum Gasteiger partial charge on any atom is -0.493 e. The van der Waals surface area contributed by atoms with Gasteiger partial charge in [-0.05, 0) is 53.9 Å². The largest absolute Gasteiger partial charge is 0.493 e. The number of nitrogens with one attached hydrogen (secondary N) is 1. The summed E-state index contributed by atoms with van der Waals surface area (Å²) < 4.78 is 25.8. The average Bonchev–Trinajstić information content (AvgIpc) is 3.18. The van der Waals surface area contributed by atoms with Crippen LogP contribution in [0, 0.1) is 5.82 Å². The second-order valence-electron chi connectivity index (χ2n) is 8.55. The van der Waals surface area contributed by atoms with Gasteiger partial charge in [0.15, 0.2) is 17.1 Å². The van der Waals surface area contributed by atoms with Gasteiger partial charge in [-0.1, -0.05) is 30.3 Å². The Morgan fingerprint density at radius 3 is 2.32 bits per heavy atom. The zero-order valence-corrected chi connectivity index (χ0v) is 20.5. The molecule has 0 spiro atoms. The fraction of sp³-hybridized carbons (Fsp3) is 0.179. The Bertz CT molecular complexity index is 1600. The molecule has 188 valence electrons. The Morgan fingerprint density at radius 1 is 0.946 bits per heavy atom. The van der Waals surface area contributed by atoms with Crippen LogP contribution in [0.3, 0.4) is 0 Å². The van der Waals surface area contributed by atoms with Crippen molar-refractivity contribution in [2.24, 2.45) is 0 Å². The van der Waals surface area contributed by atoms with Gasteiger partial charge in [-0.15, -0.1) is 0 Å². The predicted molar refractivity (Wildman–Crippen MR) is 141 cm³/mol. The highest BCUT2D eigenvalue weighted by atomic mass is 19.1. The highest BCUT2D eigenvalue weighted by molar-refractivity contribution is 6.10. The van der Waals surface area contributed by atoms with E-state index >= 15 is 0 Å². The molecule has 2 aromatic heterocycles. The molecular weight excluding hydrogens is 473 g/mol. The molecule has 5 rings (SSSR count). The van der Waals surface area contributed by atoms with Crippen LogP contribution in [0.25, 0.3) is 22.2 Å².